The number of methoxy groups -OCH3 is 1. The Kier molecular flexibility index (Phi) is 6.48. The second-order valence-electron chi connectivity index (χ2n) is 8.44. The molecule has 5 rings (SSSR count). The van der Waals surface area contributed by atoms with E-state index in [2.05, 4.69) is 25.1 Å². The van der Waals surface area contributed by atoms with Gasteiger partial charge in [0.25, 0.3) is 5.91 Å². The van der Waals surface area contributed by atoms with Crippen molar-refractivity contribution in [1.82, 2.24) is 25.1 Å². The van der Waals surface area contributed by atoms with E-state index < -0.39 is 5.91 Å². The van der Waals surface area contributed by atoms with Gasteiger partial charge in [0.15, 0.2) is 5.69 Å². The van der Waals surface area contributed by atoms with Gasteiger partial charge in [-0.25, -0.2) is 9.97 Å². The quantitative estimate of drug-likeness (QED) is 0.293. The summed E-state index contributed by atoms with van der Waals surface area (Å²) in [5.41, 5.74) is 17.2. The highest BCUT2D eigenvalue weighted by atomic mass is 16.5. The van der Waals surface area contributed by atoms with Crippen molar-refractivity contribution >= 4 is 22.5 Å². The molecular formula is C27H25N7O3. The van der Waals surface area contributed by atoms with Crippen molar-refractivity contribution in [1.29, 1.82) is 0 Å². The first-order chi connectivity index (χ1) is 18.0. The molecule has 5 aromatic rings. The monoisotopic (exact) mass is 495 g/mol. The number of hydrogen-bond acceptors (Lipinski definition) is 8. The maximum Gasteiger partial charge on any atom is 0.317 e. The Balaban J connectivity index is 1.54. The molecule has 10 heteroatoms. The Morgan fingerprint density at radius 3 is 2.65 bits per heavy atom. The lowest BCUT2D eigenvalue weighted by Crippen LogP contribution is -2.17. The number of fused-ring (bicyclic) bond motifs is 1. The molecule has 0 aliphatic carbocycles. The normalized spacial score (nSPS) is 11.9. The average molecular weight is 496 g/mol. The van der Waals surface area contributed by atoms with Gasteiger partial charge in [0.2, 0.25) is 0 Å². The number of carbonyl (C=O) groups is 1. The van der Waals surface area contributed by atoms with Gasteiger partial charge in [0, 0.05) is 24.3 Å². The zero-order valence-corrected chi connectivity index (χ0v) is 20.3. The van der Waals surface area contributed by atoms with Gasteiger partial charge in [-0.15, -0.1) is 0 Å². The van der Waals surface area contributed by atoms with E-state index in [1.165, 1.54) is 0 Å². The molecule has 2 aromatic carbocycles. The molecule has 3 heterocycles. The number of H-pyrrole nitrogens is 1. The highest BCUT2D eigenvalue weighted by molar-refractivity contribution is 6.05. The SMILES string of the molecule is CO[C@H](COc1nccc(-c2cc(-c3c(C)ccc4[nH]ncc34)c(N)c(C(N)=O)n2)n1)c1ccccc1. The van der Waals surface area contributed by atoms with Crippen LogP contribution in [0.3, 0.4) is 0 Å². The molecule has 0 aliphatic heterocycles. The van der Waals surface area contributed by atoms with Gasteiger partial charge in [-0.1, -0.05) is 36.4 Å². The molecule has 1 atom stereocenters. The number of pyridine rings is 1. The number of hydrogen-bond donors (Lipinski definition) is 3. The molecule has 0 bridgehead atoms. The minimum absolute atomic E-state index is 0.0444. The van der Waals surface area contributed by atoms with Crippen molar-refractivity contribution in [2.75, 3.05) is 19.5 Å². The molecule has 0 spiro atoms. The maximum atomic E-state index is 12.3. The van der Waals surface area contributed by atoms with Crippen LogP contribution in [0.4, 0.5) is 5.69 Å². The van der Waals surface area contributed by atoms with Gasteiger partial charge in [-0.05, 0) is 41.8 Å². The highest BCUT2D eigenvalue weighted by Gasteiger charge is 2.21. The van der Waals surface area contributed by atoms with Crippen molar-refractivity contribution < 1.29 is 14.3 Å². The molecule has 0 radical (unpaired) electrons. The molecular weight excluding hydrogens is 470 g/mol. The van der Waals surface area contributed by atoms with Gasteiger partial charge in [0.1, 0.15) is 12.7 Å². The summed E-state index contributed by atoms with van der Waals surface area (Å²) in [5.74, 6) is -0.742. The van der Waals surface area contributed by atoms with Gasteiger partial charge in [-0.3, -0.25) is 9.89 Å². The zero-order valence-electron chi connectivity index (χ0n) is 20.3. The molecule has 0 aliphatic rings. The standard InChI is InChI=1S/C27H25N7O3/c1-15-8-9-19-18(13-31-34-19)23(15)17-12-21(32-25(24(17)28)26(29)35)20-10-11-30-27(33-20)37-14-22(36-2)16-6-4-3-5-7-16/h3-13,22H,14,28H2,1-2H3,(H2,29,35)(H,31,34)/t22-/m1/s1. The molecule has 0 unspecified atom stereocenters. The summed E-state index contributed by atoms with van der Waals surface area (Å²) in [6.45, 7) is 2.17. The van der Waals surface area contributed by atoms with Gasteiger partial charge in [-0.2, -0.15) is 10.1 Å². The maximum absolute atomic E-state index is 12.3. The summed E-state index contributed by atoms with van der Waals surface area (Å²) in [4.78, 5) is 25.5. The second kappa shape index (κ2) is 10.0. The number of aromatic amines is 1. The smallest absolute Gasteiger partial charge is 0.317 e. The summed E-state index contributed by atoms with van der Waals surface area (Å²) in [5, 5.41) is 7.97. The van der Waals surface area contributed by atoms with Crippen LogP contribution in [0.5, 0.6) is 6.01 Å². The van der Waals surface area contributed by atoms with E-state index in [9.17, 15) is 4.79 Å². The minimum Gasteiger partial charge on any atom is -0.460 e. The fourth-order valence-electron chi connectivity index (χ4n) is 4.24. The lowest BCUT2D eigenvalue weighted by Gasteiger charge is -2.16. The molecule has 0 fully saturated rings. The van der Waals surface area contributed by atoms with Crippen molar-refractivity contribution in [2.45, 2.75) is 13.0 Å². The highest BCUT2D eigenvalue weighted by Crippen LogP contribution is 2.37. The Bertz CT molecular complexity index is 1580. The second-order valence-corrected chi connectivity index (χ2v) is 8.44. The van der Waals surface area contributed by atoms with Crippen molar-refractivity contribution in [3.63, 3.8) is 0 Å². The molecule has 0 saturated heterocycles. The van der Waals surface area contributed by atoms with Crippen LogP contribution in [-0.4, -0.2) is 44.8 Å². The van der Waals surface area contributed by atoms with E-state index in [1.807, 2.05) is 49.4 Å². The fraction of sp³-hybridized carbons (Fsp3) is 0.148. The van der Waals surface area contributed by atoms with Crippen LogP contribution in [0.25, 0.3) is 33.4 Å². The third kappa shape index (κ3) is 4.69. The van der Waals surface area contributed by atoms with Crippen LogP contribution in [-0.2, 0) is 4.74 Å². The lowest BCUT2D eigenvalue weighted by molar-refractivity contribution is 0.0542. The largest absolute Gasteiger partial charge is 0.460 e. The first-order valence-corrected chi connectivity index (χ1v) is 11.5. The first kappa shape index (κ1) is 23.9. The fourth-order valence-corrected chi connectivity index (χ4v) is 4.24. The van der Waals surface area contributed by atoms with Crippen LogP contribution in [0, 0.1) is 6.92 Å². The van der Waals surface area contributed by atoms with Crippen LogP contribution in [0.2, 0.25) is 0 Å². The number of nitrogen functional groups attached to an aromatic ring is 1. The summed E-state index contributed by atoms with van der Waals surface area (Å²) in [7, 11) is 1.62. The third-order valence-electron chi connectivity index (χ3n) is 6.11. The zero-order chi connectivity index (χ0) is 25.9. The number of aryl methyl sites for hydroxylation is 1. The number of rotatable bonds is 8. The number of nitrogens with zero attached hydrogens (tertiary/aromatic N) is 4. The minimum atomic E-state index is -0.742. The Labute approximate surface area is 212 Å². The van der Waals surface area contributed by atoms with Gasteiger partial charge in [0.05, 0.1) is 28.8 Å². The van der Waals surface area contributed by atoms with E-state index in [0.717, 1.165) is 27.6 Å². The number of ether oxygens (including phenoxy) is 2. The van der Waals surface area contributed by atoms with Crippen molar-refractivity contribution in [2.24, 2.45) is 5.73 Å². The summed E-state index contributed by atoms with van der Waals surface area (Å²) >= 11 is 0. The molecule has 5 N–H and O–H groups in total. The van der Waals surface area contributed by atoms with Gasteiger partial charge >= 0.3 is 6.01 Å². The summed E-state index contributed by atoms with van der Waals surface area (Å²) in [6.07, 6.45) is 2.98. The summed E-state index contributed by atoms with van der Waals surface area (Å²) < 4.78 is 11.4. The van der Waals surface area contributed by atoms with Crippen LogP contribution >= 0.6 is 0 Å². The first-order valence-electron chi connectivity index (χ1n) is 11.5. The summed E-state index contributed by atoms with van der Waals surface area (Å²) in [6, 6.07) is 17.2. The number of nitrogens with one attached hydrogen (secondary N) is 1. The Morgan fingerprint density at radius 1 is 1.08 bits per heavy atom. The van der Waals surface area contributed by atoms with E-state index in [4.69, 9.17) is 20.9 Å². The van der Waals surface area contributed by atoms with Gasteiger partial charge < -0.3 is 20.9 Å². The Morgan fingerprint density at radius 2 is 1.89 bits per heavy atom. The number of benzene rings is 2. The number of nitrogens with two attached hydrogens (primary N) is 2. The number of carbonyl (C=O) groups excluding carboxylic acids is 1. The van der Waals surface area contributed by atoms with E-state index in [0.29, 0.717) is 17.0 Å². The topological polar surface area (TPSA) is 155 Å². The number of anilines is 1. The van der Waals surface area contributed by atoms with Crippen molar-refractivity contribution in [3.05, 3.63) is 83.8 Å². The van der Waals surface area contributed by atoms with Crippen molar-refractivity contribution in [3.8, 4) is 28.5 Å². The van der Waals surface area contributed by atoms with E-state index in [-0.39, 0.29) is 30.1 Å². The molecule has 1 amide bonds. The predicted octanol–water partition coefficient (Wildman–Crippen LogP) is 3.84. The number of primary amides is 1. The molecule has 3 aromatic heterocycles. The molecule has 186 valence electrons. The lowest BCUT2D eigenvalue weighted by atomic mass is 9.94. The van der Waals surface area contributed by atoms with Crippen LogP contribution < -0.4 is 16.2 Å². The molecule has 10 nitrogen and oxygen atoms in total. The van der Waals surface area contributed by atoms with E-state index >= 15 is 0 Å². The Hall–Kier alpha value is -4.83. The van der Waals surface area contributed by atoms with Crippen LogP contribution in [0.1, 0.15) is 27.7 Å². The number of amides is 1. The third-order valence-corrected chi connectivity index (χ3v) is 6.11. The predicted molar refractivity (Wildman–Crippen MR) is 140 cm³/mol. The van der Waals surface area contributed by atoms with E-state index in [1.54, 1.807) is 31.6 Å². The molecule has 37 heavy (non-hydrogen) atoms. The number of aromatic nitrogens is 5. The van der Waals surface area contributed by atoms with Crippen LogP contribution in [0.15, 0.2) is 67.0 Å². The molecule has 0 saturated carbocycles. The average Bonchev–Trinajstić information content (AvgIpc) is 3.39.